The highest BCUT2D eigenvalue weighted by Crippen LogP contribution is 2.17. The second kappa shape index (κ2) is 8.21. The summed E-state index contributed by atoms with van der Waals surface area (Å²) in [5.74, 6) is 0.632. The van der Waals surface area contributed by atoms with E-state index in [2.05, 4.69) is 36.1 Å². The second-order valence-electron chi connectivity index (χ2n) is 5.67. The third kappa shape index (κ3) is 4.75. The summed E-state index contributed by atoms with van der Waals surface area (Å²) in [7, 11) is 0. The number of carbonyl (C=O) groups is 1. The maximum Gasteiger partial charge on any atom is 0.321 e. The molecular formula is C17H18FN7O2. The van der Waals surface area contributed by atoms with Gasteiger partial charge in [-0.15, -0.1) is 0 Å². The number of carbonyl (C=O) groups excluding carboxylic acids is 1. The first-order valence-corrected chi connectivity index (χ1v) is 8.19. The monoisotopic (exact) mass is 371 g/mol. The average Bonchev–Trinajstić information content (AvgIpc) is 2.97. The molecule has 2 aromatic heterocycles. The quantitative estimate of drug-likeness (QED) is 0.570. The molecule has 0 aliphatic rings. The Morgan fingerprint density at radius 2 is 2.07 bits per heavy atom. The molecule has 3 N–H and O–H groups in total. The van der Waals surface area contributed by atoms with Crippen LogP contribution in [-0.4, -0.2) is 39.2 Å². The van der Waals surface area contributed by atoms with Gasteiger partial charge in [0.1, 0.15) is 12.1 Å². The third-order valence-electron chi connectivity index (χ3n) is 3.73. The van der Waals surface area contributed by atoms with Crippen molar-refractivity contribution >= 4 is 17.9 Å². The van der Waals surface area contributed by atoms with Crippen molar-refractivity contribution in [1.29, 1.82) is 0 Å². The molecule has 3 rings (SSSR count). The molecule has 0 unspecified atom stereocenters. The number of halogens is 1. The number of urea groups is 1. The van der Waals surface area contributed by atoms with Crippen molar-refractivity contribution in [3.63, 3.8) is 0 Å². The lowest BCUT2D eigenvalue weighted by Crippen LogP contribution is -2.32. The van der Waals surface area contributed by atoms with Crippen LogP contribution >= 0.6 is 0 Å². The van der Waals surface area contributed by atoms with Crippen LogP contribution in [-0.2, 0) is 0 Å². The zero-order valence-electron chi connectivity index (χ0n) is 14.8. The zero-order valence-corrected chi connectivity index (χ0v) is 14.8. The van der Waals surface area contributed by atoms with Crippen molar-refractivity contribution < 1.29 is 13.7 Å². The first-order chi connectivity index (χ1) is 13.0. The van der Waals surface area contributed by atoms with Gasteiger partial charge in [-0.25, -0.2) is 19.2 Å². The van der Waals surface area contributed by atoms with Crippen LogP contribution in [0.3, 0.4) is 0 Å². The molecule has 0 spiro atoms. The number of rotatable bonds is 6. The van der Waals surface area contributed by atoms with Crippen LogP contribution in [0.1, 0.15) is 11.3 Å². The Balaban J connectivity index is 1.48. The fourth-order valence-corrected chi connectivity index (χ4v) is 2.18. The van der Waals surface area contributed by atoms with Crippen LogP contribution in [0.5, 0.6) is 0 Å². The molecule has 0 fully saturated rings. The maximum atomic E-state index is 13.3. The van der Waals surface area contributed by atoms with E-state index in [1.807, 2.05) is 0 Å². The van der Waals surface area contributed by atoms with E-state index in [-0.39, 0.29) is 5.82 Å². The fraction of sp³-hybridized carbons (Fsp3) is 0.235. The molecular weight excluding hydrogens is 353 g/mol. The van der Waals surface area contributed by atoms with Crippen molar-refractivity contribution in [1.82, 2.24) is 25.4 Å². The van der Waals surface area contributed by atoms with Crippen molar-refractivity contribution in [3.8, 4) is 11.4 Å². The number of benzene rings is 1. The molecule has 0 saturated carbocycles. The van der Waals surface area contributed by atoms with Crippen molar-refractivity contribution in [2.45, 2.75) is 13.8 Å². The van der Waals surface area contributed by atoms with E-state index in [9.17, 15) is 9.18 Å². The van der Waals surface area contributed by atoms with E-state index in [1.165, 1.54) is 18.5 Å². The van der Waals surface area contributed by atoms with Gasteiger partial charge in [-0.1, -0.05) is 17.3 Å². The summed E-state index contributed by atoms with van der Waals surface area (Å²) >= 11 is 0. The number of hydrogen-bond donors (Lipinski definition) is 3. The number of amides is 2. The highest BCUT2D eigenvalue weighted by Gasteiger charge is 2.11. The van der Waals surface area contributed by atoms with Gasteiger partial charge in [0, 0.05) is 24.2 Å². The van der Waals surface area contributed by atoms with E-state index < -0.39 is 6.03 Å². The zero-order chi connectivity index (χ0) is 19.2. The van der Waals surface area contributed by atoms with Crippen LogP contribution in [0.25, 0.3) is 11.4 Å². The van der Waals surface area contributed by atoms with Crippen LogP contribution in [0.4, 0.5) is 21.0 Å². The standard InChI is InChI=1S/C17H18FN7O2/c1-10-11(2)25-27-15(10)24-17(26)20-7-6-19-16-22-9-21-14(23-16)12-4-3-5-13(18)8-12/h3-5,8-9H,6-7H2,1-2H3,(H2,20,24,26)(H,19,21,22,23). The minimum atomic E-state index is -0.410. The molecule has 2 heterocycles. The molecule has 27 heavy (non-hydrogen) atoms. The Kier molecular flexibility index (Phi) is 5.55. The number of nitrogens with zero attached hydrogens (tertiary/aromatic N) is 4. The molecule has 140 valence electrons. The Labute approximate surface area is 154 Å². The SMILES string of the molecule is Cc1noc(NC(=O)NCCNc2ncnc(-c3cccc(F)c3)n2)c1C. The Hall–Kier alpha value is -3.56. The van der Waals surface area contributed by atoms with Gasteiger partial charge in [0.25, 0.3) is 0 Å². The van der Waals surface area contributed by atoms with Gasteiger partial charge in [0.2, 0.25) is 11.8 Å². The molecule has 0 saturated heterocycles. The van der Waals surface area contributed by atoms with Gasteiger partial charge in [-0.05, 0) is 26.0 Å². The lowest BCUT2D eigenvalue weighted by Gasteiger charge is -2.08. The third-order valence-corrected chi connectivity index (χ3v) is 3.73. The minimum absolute atomic E-state index is 0.315. The van der Waals surface area contributed by atoms with E-state index in [1.54, 1.807) is 26.0 Å². The van der Waals surface area contributed by atoms with Crippen molar-refractivity contribution in [3.05, 3.63) is 47.7 Å². The van der Waals surface area contributed by atoms with Crippen molar-refractivity contribution in [2.75, 3.05) is 23.7 Å². The first-order valence-electron chi connectivity index (χ1n) is 8.19. The number of aryl methyl sites for hydroxylation is 1. The predicted molar refractivity (Wildman–Crippen MR) is 96.7 cm³/mol. The van der Waals surface area contributed by atoms with Gasteiger partial charge >= 0.3 is 6.03 Å². The summed E-state index contributed by atoms with van der Waals surface area (Å²) in [6, 6.07) is 5.58. The van der Waals surface area contributed by atoms with Gasteiger partial charge in [-0.2, -0.15) is 4.98 Å². The summed E-state index contributed by atoms with van der Waals surface area (Å²) in [5.41, 5.74) is 2.05. The summed E-state index contributed by atoms with van der Waals surface area (Å²) in [5, 5.41) is 12.0. The number of anilines is 2. The summed E-state index contributed by atoms with van der Waals surface area (Å²) in [4.78, 5) is 24.1. The molecule has 1 aromatic carbocycles. The topological polar surface area (TPSA) is 118 Å². The molecule has 0 atom stereocenters. The van der Waals surface area contributed by atoms with Crippen LogP contribution in [0.2, 0.25) is 0 Å². The highest BCUT2D eigenvalue weighted by molar-refractivity contribution is 5.88. The van der Waals surface area contributed by atoms with E-state index >= 15 is 0 Å². The lowest BCUT2D eigenvalue weighted by molar-refractivity contribution is 0.251. The fourth-order valence-electron chi connectivity index (χ4n) is 2.18. The molecule has 10 heteroatoms. The predicted octanol–water partition coefficient (Wildman–Crippen LogP) is 2.52. The van der Waals surface area contributed by atoms with Gasteiger partial charge in [0.05, 0.1) is 5.69 Å². The number of nitrogens with one attached hydrogen (secondary N) is 3. The average molecular weight is 371 g/mol. The molecule has 3 aromatic rings. The minimum Gasteiger partial charge on any atom is -0.352 e. The molecule has 0 aliphatic heterocycles. The normalized spacial score (nSPS) is 10.5. The molecule has 2 amide bonds. The highest BCUT2D eigenvalue weighted by atomic mass is 19.1. The van der Waals surface area contributed by atoms with Crippen LogP contribution in [0.15, 0.2) is 35.1 Å². The van der Waals surface area contributed by atoms with Crippen molar-refractivity contribution in [2.24, 2.45) is 0 Å². The number of aromatic nitrogens is 4. The van der Waals surface area contributed by atoms with Gasteiger partial charge in [-0.3, -0.25) is 5.32 Å². The molecule has 0 aliphatic carbocycles. The molecule has 0 bridgehead atoms. The maximum absolute atomic E-state index is 13.3. The Morgan fingerprint density at radius 3 is 2.81 bits per heavy atom. The van der Waals surface area contributed by atoms with E-state index in [4.69, 9.17) is 4.52 Å². The summed E-state index contributed by atoms with van der Waals surface area (Å²) in [6.07, 6.45) is 1.34. The van der Waals surface area contributed by atoms with E-state index in [0.29, 0.717) is 36.3 Å². The molecule has 0 radical (unpaired) electrons. The Morgan fingerprint density at radius 1 is 1.22 bits per heavy atom. The molecule has 9 nitrogen and oxygen atoms in total. The van der Waals surface area contributed by atoms with Crippen LogP contribution < -0.4 is 16.0 Å². The first kappa shape index (κ1) is 18.2. The summed E-state index contributed by atoms with van der Waals surface area (Å²) in [6.45, 7) is 4.30. The summed E-state index contributed by atoms with van der Waals surface area (Å²) < 4.78 is 18.3. The van der Waals surface area contributed by atoms with Crippen LogP contribution in [0, 0.1) is 19.7 Å². The second-order valence-corrected chi connectivity index (χ2v) is 5.67. The Bertz CT molecular complexity index is 945. The van der Waals surface area contributed by atoms with Gasteiger partial charge < -0.3 is 15.2 Å². The lowest BCUT2D eigenvalue weighted by atomic mass is 10.2. The van der Waals surface area contributed by atoms with Gasteiger partial charge in [0.15, 0.2) is 5.82 Å². The number of hydrogen-bond acceptors (Lipinski definition) is 7. The largest absolute Gasteiger partial charge is 0.352 e. The smallest absolute Gasteiger partial charge is 0.321 e. The van der Waals surface area contributed by atoms with E-state index in [0.717, 1.165) is 11.3 Å².